The number of benzene rings is 1. The van der Waals surface area contributed by atoms with Crippen molar-refractivity contribution in [2.75, 3.05) is 5.73 Å². The first kappa shape index (κ1) is 24.9. The number of pyridine rings is 2. The van der Waals surface area contributed by atoms with Gasteiger partial charge in [0.05, 0.1) is 29.1 Å². The first-order valence-corrected chi connectivity index (χ1v) is 15.2. The minimum Gasteiger partial charge on any atom is -0.413 e. The lowest BCUT2D eigenvalue weighted by molar-refractivity contribution is 0.276. The molecule has 0 atom stereocenters. The smallest absolute Gasteiger partial charge is 0.192 e. The van der Waals surface area contributed by atoms with Crippen LogP contribution < -0.4 is 5.73 Å². The standard InChI is InChI=1S/C28H32N6O2Si/c1-18-22(17-35-33-18)23-13-14-24-27(31-23)34(26(32-24)21-8-7-15-30-25(21)29)20-11-9-19(10-12-20)16-36-37(5,6)28(2,3)4/h7-15,17H,16H2,1-6H3,(H2,29,30). The van der Waals surface area contributed by atoms with E-state index < -0.39 is 8.32 Å². The maximum Gasteiger partial charge on any atom is 0.192 e. The molecule has 0 fully saturated rings. The van der Waals surface area contributed by atoms with E-state index in [4.69, 9.17) is 24.7 Å². The Hall–Kier alpha value is -3.82. The molecule has 1 aromatic carbocycles. The second-order valence-corrected chi connectivity index (χ2v) is 15.6. The predicted molar refractivity (Wildman–Crippen MR) is 149 cm³/mol. The number of imidazole rings is 1. The van der Waals surface area contributed by atoms with Crippen LogP contribution in [0.15, 0.2) is 65.5 Å². The fourth-order valence-corrected chi connectivity index (χ4v) is 4.86. The summed E-state index contributed by atoms with van der Waals surface area (Å²) in [7, 11) is -1.85. The first-order chi connectivity index (χ1) is 17.5. The van der Waals surface area contributed by atoms with Crippen molar-refractivity contribution < 1.29 is 8.95 Å². The minimum absolute atomic E-state index is 0.160. The number of nitrogens with zero attached hydrogens (tertiary/aromatic N) is 5. The maximum absolute atomic E-state index is 6.43. The molecule has 8 nitrogen and oxygen atoms in total. The van der Waals surface area contributed by atoms with Crippen LogP contribution in [0, 0.1) is 6.92 Å². The topological polar surface area (TPSA) is 105 Å². The van der Waals surface area contributed by atoms with Crippen LogP contribution in [0.1, 0.15) is 32.0 Å². The molecule has 0 aliphatic carbocycles. The third-order valence-corrected chi connectivity index (χ3v) is 11.7. The van der Waals surface area contributed by atoms with E-state index in [1.807, 2.05) is 35.8 Å². The molecule has 4 aromatic heterocycles. The molecule has 190 valence electrons. The van der Waals surface area contributed by atoms with E-state index in [1.54, 1.807) is 12.5 Å². The van der Waals surface area contributed by atoms with Gasteiger partial charge in [-0.25, -0.2) is 15.0 Å². The summed E-state index contributed by atoms with van der Waals surface area (Å²) in [6.45, 7) is 13.8. The average molecular weight is 513 g/mol. The van der Waals surface area contributed by atoms with Crippen molar-refractivity contribution in [2.24, 2.45) is 0 Å². The zero-order valence-corrected chi connectivity index (χ0v) is 23.1. The Balaban J connectivity index is 1.60. The number of hydrogen-bond donors (Lipinski definition) is 1. The molecule has 0 radical (unpaired) electrons. The van der Waals surface area contributed by atoms with Crippen LogP contribution in [0.3, 0.4) is 0 Å². The SMILES string of the molecule is Cc1nocc1-c1ccc2nc(-c3cccnc3N)n(-c3ccc(CO[Si](C)(C)C(C)(C)C)cc3)c2n1. The maximum atomic E-state index is 6.43. The summed E-state index contributed by atoms with van der Waals surface area (Å²) in [6, 6.07) is 16.0. The quantitative estimate of drug-likeness (QED) is 0.257. The van der Waals surface area contributed by atoms with Gasteiger partial charge in [-0.3, -0.25) is 4.57 Å². The fraction of sp³-hybridized carbons (Fsp3) is 0.286. The Kier molecular flexibility index (Phi) is 6.21. The monoisotopic (exact) mass is 512 g/mol. The summed E-state index contributed by atoms with van der Waals surface area (Å²) in [5.41, 5.74) is 12.9. The zero-order chi connectivity index (χ0) is 26.4. The highest BCUT2D eigenvalue weighted by atomic mass is 28.4. The Labute approximate surface area is 217 Å². The lowest BCUT2D eigenvalue weighted by Crippen LogP contribution is -2.40. The molecular formula is C28H32N6O2Si. The van der Waals surface area contributed by atoms with E-state index in [0.717, 1.165) is 39.3 Å². The van der Waals surface area contributed by atoms with Crippen molar-refractivity contribution >= 4 is 25.3 Å². The van der Waals surface area contributed by atoms with Gasteiger partial charge in [0.15, 0.2) is 19.8 Å². The molecule has 0 saturated carbocycles. The molecule has 0 spiro atoms. The highest BCUT2D eigenvalue weighted by Gasteiger charge is 2.37. The van der Waals surface area contributed by atoms with Gasteiger partial charge in [-0.1, -0.05) is 38.1 Å². The van der Waals surface area contributed by atoms with Gasteiger partial charge in [0.25, 0.3) is 0 Å². The molecule has 0 bridgehead atoms. The normalized spacial score (nSPS) is 12.4. The number of aryl methyl sites for hydroxylation is 1. The highest BCUT2D eigenvalue weighted by molar-refractivity contribution is 6.74. The van der Waals surface area contributed by atoms with Gasteiger partial charge < -0.3 is 14.7 Å². The second-order valence-electron chi connectivity index (χ2n) is 10.8. The Morgan fingerprint density at radius 3 is 2.41 bits per heavy atom. The predicted octanol–water partition coefficient (Wildman–Crippen LogP) is 6.55. The lowest BCUT2D eigenvalue weighted by Gasteiger charge is -2.36. The van der Waals surface area contributed by atoms with E-state index in [-0.39, 0.29) is 5.04 Å². The largest absolute Gasteiger partial charge is 0.413 e. The van der Waals surface area contributed by atoms with Crippen LogP contribution in [0.4, 0.5) is 5.82 Å². The molecule has 2 N–H and O–H groups in total. The van der Waals surface area contributed by atoms with Gasteiger partial charge >= 0.3 is 0 Å². The second kappa shape index (κ2) is 9.24. The van der Waals surface area contributed by atoms with Gasteiger partial charge in [0, 0.05) is 11.9 Å². The van der Waals surface area contributed by atoms with Crippen molar-refractivity contribution in [3.8, 4) is 28.3 Å². The van der Waals surface area contributed by atoms with Gasteiger partial charge in [-0.05, 0) is 67.0 Å². The summed E-state index contributed by atoms with van der Waals surface area (Å²) < 4.78 is 13.6. The summed E-state index contributed by atoms with van der Waals surface area (Å²) in [5.74, 6) is 1.09. The summed E-state index contributed by atoms with van der Waals surface area (Å²) in [6.07, 6.45) is 3.29. The van der Waals surface area contributed by atoms with Crippen molar-refractivity contribution in [3.63, 3.8) is 0 Å². The van der Waals surface area contributed by atoms with Crippen molar-refractivity contribution in [1.82, 2.24) is 24.7 Å². The van der Waals surface area contributed by atoms with Gasteiger partial charge in [-0.2, -0.15) is 0 Å². The van der Waals surface area contributed by atoms with Crippen LogP contribution in [0.2, 0.25) is 18.1 Å². The Bertz CT molecular complexity index is 1560. The third kappa shape index (κ3) is 4.67. The fourth-order valence-electron chi connectivity index (χ4n) is 3.90. The molecule has 5 rings (SSSR count). The van der Waals surface area contributed by atoms with Crippen LogP contribution in [0.5, 0.6) is 0 Å². The number of nitrogens with two attached hydrogens (primary N) is 1. The number of rotatable bonds is 6. The molecule has 0 saturated heterocycles. The number of anilines is 1. The minimum atomic E-state index is -1.85. The third-order valence-electron chi connectivity index (χ3n) is 7.21. The molecule has 0 aliphatic heterocycles. The lowest BCUT2D eigenvalue weighted by atomic mass is 10.2. The van der Waals surface area contributed by atoms with E-state index >= 15 is 0 Å². The van der Waals surface area contributed by atoms with Gasteiger partial charge in [0.2, 0.25) is 0 Å². The Morgan fingerprint density at radius 1 is 1.00 bits per heavy atom. The van der Waals surface area contributed by atoms with E-state index in [2.05, 4.69) is 68.3 Å². The van der Waals surface area contributed by atoms with Crippen molar-refractivity contribution in [1.29, 1.82) is 0 Å². The molecule has 4 heterocycles. The van der Waals surface area contributed by atoms with Crippen molar-refractivity contribution in [2.45, 2.75) is 52.4 Å². The molecule has 9 heteroatoms. The number of fused-ring (bicyclic) bond motifs is 1. The number of hydrogen-bond acceptors (Lipinski definition) is 7. The average Bonchev–Trinajstić information content (AvgIpc) is 3.45. The van der Waals surface area contributed by atoms with E-state index in [0.29, 0.717) is 23.9 Å². The molecule has 5 aromatic rings. The highest BCUT2D eigenvalue weighted by Crippen LogP contribution is 2.37. The first-order valence-electron chi connectivity index (χ1n) is 12.3. The van der Waals surface area contributed by atoms with Crippen molar-refractivity contribution in [3.05, 3.63) is 72.2 Å². The number of nitrogen functional groups attached to an aromatic ring is 1. The van der Waals surface area contributed by atoms with Crippen LogP contribution in [-0.2, 0) is 11.0 Å². The molecule has 37 heavy (non-hydrogen) atoms. The summed E-state index contributed by atoms with van der Waals surface area (Å²) in [4.78, 5) is 14.2. The number of aromatic nitrogens is 5. The molecule has 0 amide bonds. The molecular weight excluding hydrogens is 480 g/mol. The summed E-state index contributed by atoms with van der Waals surface area (Å²) >= 11 is 0. The van der Waals surface area contributed by atoms with Crippen LogP contribution >= 0.6 is 0 Å². The zero-order valence-electron chi connectivity index (χ0n) is 22.1. The molecule has 0 unspecified atom stereocenters. The van der Waals surface area contributed by atoms with Gasteiger partial charge in [-0.15, -0.1) is 0 Å². The van der Waals surface area contributed by atoms with Crippen LogP contribution in [-0.4, -0.2) is 33.0 Å². The van der Waals surface area contributed by atoms with E-state index in [9.17, 15) is 0 Å². The molecule has 0 aliphatic rings. The van der Waals surface area contributed by atoms with E-state index in [1.165, 1.54) is 0 Å². The van der Waals surface area contributed by atoms with Crippen LogP contribution in [0.25, 0.3) is 39.5 Å². The summed E-state index contributed by atoms with van der Waals surface area (Å²) in [5, 5.41) is 4.17. The Morgan fingerprint density at radius 2 is 1.76 bits per heavy atom. The van der Waals surface area contributed by atoms with Gasteiger partial charge in [0.1, 0.15) is 17.6 Å².